The van der Waals surface area contributed by atoms with Gasteiger partial charge in [0.1, 0.15) is 0 Å². The average Bonchev–Trinajstić information content (AvgIpc) is 2.60. The third-order valence-corrected chi connectivity index (χ3v) is 5.42. The van der Waals surface area contributed by atoms with Gasteiger partial charge in [-0.25, -0.2) is 0 Å². The van der Waals surface area contributed by atoms with Gasteiger partial charge in [-0.3, -0.25) is 0 Å². The van der Waals surface area contributed by atoms with Crippen LogP contribution in [0.1, 0.15) is 5.56 Å². The van der Waals surface area contributed by atoms with E-state index >= 15 is 0 Å². The molecule has 5 rings (SSSR count). The quantitative estimate of drug-likeness (QED) is 0.234. The molecule has 0 aliphatic heterocycles. The summed E-state index contributed by atoms with van der Waals surface area (Å²) in [6.45, 7) is 0. The van der Waals surface area contributed by atoms with Gasteiger partial charge in [-0.1, -0.05) is 64.5 Å². The Hall–Kier alpha value is -2.63. The fourth-order valence-corrected chi connectivity index (χ4v) is 4.24. The summed E-state index contributed by atoms with van der Waals surface area (Å²) >= 11 is 3.68. The number of halogens is 1. The third kappa shape index (κ3) is 1.55. The highest BCUT2D eigenvalue weighted by molar-refractivity contribution is 9.10. The largest absolute Gasteiger partial charge is 0.192 e. The summed E-state index contributed by atoms with van der Waals surface area (Å²) in [6.07, 6.45) is 0. The molecule has 0 saturated carbocycles. The summed E-state index contributed by atoms with van der Waals surface area (Å²) in [7, 11) is 0. The third-order valence-electron chi connectivity index (χ3n) is 4.73. The molecule has 23 heavy (non-hydrogen) atoms. The summed E-state index contributed by atoms with van der Waals surface area (Å²) in [5, 5.41) is 19.1. The molecule has 106 valence electrons. The second kappa shape index (κ2) is 4.44. The molecule has 1 nitrogen and oxygen atoms in total. The minimum Gasteiger partial charge on any atom is -0.192 e. The molecule has 0 aliphatic carbocycles. The monoisotopic (exact) mass is 355 g/mol. The molecule has 5 aromatic carbocycles. The highest BCUT2D eigenvalue weighted by Gasteiger charge is 2.14. The van der Waals surface area contributed by atoms with Crippen molar-refractivity contribution in [3.05, 3.63) is 70.7 Å². The first kappa shape index (κ1) is 12.9. The van der Waals surface area contributed by atoms with Crippen LogP contribution >= 0.6 is 15.9 Å². The molecule has 0 aliphatic rings. The topological polar surface area (TPSA) is 23.8 Å². The molecular formula is C21H10BrN. The number of rotatable bonds is 0. The van der Waals surface area contributed by atoms with Gasteiger partial charge in [-0.2, -0.15) is 5.26 Å². The van der Waals surface area contributed by atoms with Crippen LogP contribution in [0.2, 0.25) is 0 Å². The molecule has 0 bridgehead atoms. The first-order valence-corrected chi connectivity index (χ1v) is 8.26. The highest BCUT2D eigenvalue weighted by atomic mass is 79.9. The Morgan fingerprint density at radius 2 is 1.13 bits per heavy atom. The van der Waals surface area contributed by atoms with Crippen molar-refractivity contribution >= 4 is 59.0 Å². The number of fused-ring (bicyclic) bond motifs is 2. The summed E-state index contributed by atoms with van der Waals surface area (Å²) in [6, 6.07) is 23.3. The zero-order chi connectivity index (χ0) is 15.6. The average molecular weight is 356 g/mol. The van der Waals surface area contributed by atoms with Crippen molar-refractivity contribution in [2.45, 2.75) is 0 Å². The van der Waals surface area contributed by atoms with Gasteiger partial charge in [0.15, 0.2) is 0 Å². The van der Waals surface area contributed by atoms with E-state index in [9.17, 15) is 5.26 Å². The molecule has 0 aromatic heterocycles. The minimum absolute atomic E-state index is 0.735. The molecule has 0 unspecified atom stereocenters. The van der Waals surface area contributed by atoms with Crippen LogP contribution in [-0.4, -0.2) is 0 Å². The van der Waals surface area contributed by atoms with Gasteiger partial charge in [0.2, 0.25) is 0 Å². The minimum atomic E-state index is 0.735. The Bertz CT molecular complexity index is 1260. The van der Waals surface area contributed by atoms with Crippen molar-refractivity contribution < 1.29 is 0 Å². The van der Waals surface area contributed by atoms with E-state index in [-0.39, 0.29) is 0 Å². The second-order valence-corrected chi connectivity index (χ2v) is 6.68. The zero-order valence-electron chi connectivity index (χ0n) is 12.1. The van der Waals surface area contributed by atoms with E-state index in [2.05, 4.69) is 64.5 Å². The Kier molecular flexibility index (Phi) is 2.48. The van der Waals surface area contributed by atoms with Gasteiger partial charge < -0.3 is 0 Å². The van der Waals surface area contributed by atoms with Crippen molar-refractivity contribution in [2.24, 2.45) is 0 Å². The van der Waals surface area contributed by atoms with Crippen molar-refractivity contribution in [1.29, 1.82) is 5.26 Å². The predicted molar refractivity (Wildman–Crippen MR) is 100 cm³/mol. The van der Waals surface area contributed by atoms with Crippen LogP contribution < -0.4 is 0 Å². The number of nitrogens with zero attached hydrogens (tertiary/aromatic N) is 1. The van der Waals surface area contributed by atoms with Crippen LogP contribution in [-0.2, 0) is 0 Å². The van der Waals surface area contributed by atoms with E-state index in [1.54, 1.807) is 0 Å². The van der Waals surface area contributed by atoms with Crippen LogP contribution in [0.15, 0.2) is 65.1 Å². The van der Waals surface area contributed by atoms with Gasteiger partial charge in [0, 0.05) is 9.86 Å². The van der Waals surface area contributed by atoms with Crippen molar-refractivity contribution in [3.63, 3.8) is 0 Å². The van der Waals surface area contributed by atoms with Crippen LogP contribution in [0.5, 0.6) is 0 Å². The zero-order valence-corrected chi connectivity index (χ0v) is 13.7. The molecule has 0 N–H and O–H groups in total. The van der Waals surface area contributed by atoms with Gasteiger partial charge in [0.05, 0.1) is 11.6 Å². The Morgan fingerprint density at radius 3 is 1.83 bits per heavy atom. The van der Waals surface area contributed by atoms with Crippen molar-refractivity contribution in [1.82, 2.24) is 0 Å². The lowest BCUT2D eigenvalue weighted by Crippen LogP contribution is -1.89. The van der Waals surface area contributed by atoms with E-state index in [0.29, 0.717) is 0 Å². The number of hydrogen-bond acceptors (Lipinski definition) is 1. The van der Waals surface area contributed by atoms with E-state index < -0.39 is 0 Å². The van der Waals surface area contributed by atoms with Gasteiger partial charge in [0.25, 0.3) is 0 Å². The van der Waals surface area contributed by atoms with Crippen LogP contribution in [0.4, 0.5) is 0 Å². The molecule has 0 spiro atoms. The molecule has 0 saturated heterocycles. The van der Waals surface area contributed by atoms with Crippen LogP contribution in [0.3, 0.4) is 0 Å². The fraction of sp³-hybridized carbons (Fsp3) is 0. The summed E-state index contributed by atoms with van der Waals surface area (Å²) < 4.78 is 1.11. The maximum absolute atomic E-state index is 9.44. The number of nitriles is 1. The summed E-state index contributed by atoms with van der Waals surface area (Å²) in [5.41, 5.74) is 0.735. The maximum Gasteiger partial charge on any atom is 0.0998 e. The van der Waals surface area contributed by atoms with E-state index in [1.165, 1.54) is 37.7 Å². The predicted octanol–water partition coefficient (Wildman–Crippen LogP) is 6.37. The van der Waals surface area contributed by atoms with E-state index in [0.717, 1.165) is 15.4 Å². The first-order chi connectivity index (χ1) is 11.3. The summed E-state index contributed by atoms with van der Waals surface area (Å²) in [5.74, 6) is 0. The molecule has 0 amide bonds. The Balaban J connectivity index is 2.25. The lowest BCUT2D eigenvalue weighted by molar-refractivity contribution is 1.51. The van der Waals surface area contributed by atoms with E-state index in [1.807, 2.05) is 18.2 Å². The number of benzene rings is 5. The molecule has 0 heterocycles. The summed E-state index contributed by atoms with van der Waals surface area (Å²) in [4.78, 5) is 0. The smallest absolute Gasteiger partial charge is 0.0998 e. The lowest BCUT2D eigenvalue weighted by Gasteiger charge is -2.15. The van der Waals surface area contributed by atoms with E-state index in [4.69, 9.17) is 0 Å². The van der Waals surface area contributed by atoms with Gasteiger partial charge in [-0.05, 0) is 49.8 Å². The fourth-order valence-electron chi connectivity index (χ4n) is 3.77. The molecule has 0 radical (unpaired) electrons. The van der Waals surface area contributed by atoms with Crippen LogP contribution in [0, 0.1) is 11.3 Å². The molecule has 2 heteroatoms. The van der Waals surface area contributed by atoms with Crippen LogP contribution in [0.25, 0.3) is 43.1 Å². The second-order valence-electron chi connectivity index (χ2n) is 5.82. The lowest BCUT2D eigenvalue weighted by atomic mass is 9.88. The first-order valence-electron chi connectivity index (χ1n) is 7.47. The standard InChI is InChI=1S/C21H10BrN/c22-19-10-9-17-16-8-7-12(11-23)13-3-1-4-14(20(13)16)15-5-2-6-18(19)21(15)17/h1-10H. The number of hydrogen-bond donors (Lipinski definition) is 0. The van der Waals surface area contributed by atoms with Crippen molar-refractivity contribution in [3.8, 4) is 6.07 Å². The Labute approximate surface area is 141 Å². The maximum atomic E-state index is 9.44. The highest BCUT2D eigenvalue weighted by Crippen LogP contribution is 2.42. The molecule has 5 aromatic rings. The van der Waals surface area contributed by atoms with Gasteiger partial charge in [-0.15, -0.1) is 0 Å². The molecular weight excluding hydrogens is 346 g/mol. The van der Waals surface area contributed by atoms with Gasteiger partial charge >= 0.3 is 0 Å². The molecule has 0 fully saturated rings. The van der Waals surface area contributed by atoms with Crippen molar-refractivity contribution in [2.75, 3.05) is 0 Å². The molecule has 0 atom stereocenters. The SMILES string of the molecule is N#Cc1ccc2c3ccc(Br)c4cccc(c5cccc1c52)c43. The Morgan fingerprint density at radius 1 is 0.609 bits per heavy atom. The normalized spacial score (nSPS) is 11.7.